The van der Waals surface area contributed by atoms with Gasteiger partial charge in [0.15, 0.2) is 0 Å². The van der Waals surface area contributed by atoms with E-state index in [0.29, 0.717) is 10.7 Å². The molecule has 0 saturated heterocycles. The van der Waals surface area contributed by atoms with Gasteiger partial charge in [-0.05, 0) is 56.7 Å². The Kier molecular flexibility index (Phi) is 5.87. The third-order valence-corrected chi connectivity index (χ3v) is 6.46. The summed E-state index contributed by atoms with van der Waals surface area (Å²) in [6.07, 6.45) is 0. The number of carbonyl (C=O) groups excluding carboxylic acids is 1. The van der Waals surface area contributed by atoms with Crippen molar-refractivity contribution in [1.82, 2.24) is 4.31 Å². The molecule has 0 radical (unpaired) electrons. The molecule has 0 aliphatic heterocycles. The first-order chi connectivity index (χ1) is 11.6. The molecule has 1 N–H and O–H groups in total. The fourth-order valence-electron chi connectivity index (χ4n) is 2.18. The number of hydrogen-bond acceptors (Lipinski definition) is 3. The van der Waals surface area contributed by atoms with Crippen LogP contribution in [-0.4, -0.2) is 31.7 Å². The van der Waals surface area contributed by atoms with Gasteiger partial charge in [0.05, 0.1) is 4.90 Å². The second kappa shape index (κ2) is 7.56. The summed E-state index contributed by atoms with van der Waals surface area (Å²) in [4.78, 5) is 12.6. The molecule has 0 spiro atoms. The van der Waals surface area contributed by atoms with E-state index in [9.17, 15) is 13.2 Å². The van der Waals surface area contributed by atoms with Crippen molar-refractivity contribution in [3.8, 4) is 0 Å². The molecule has 0 atom stereocenters. The van der Waals surface area contributed by atoms with Gasteiger partial charge >= 0.3 is 0 Å². The molecular weight excluding hydrogens is 360 g/mol. The van der Waals surface area contributed by atoms with Crippen LogP contribution in [0.25, 0.3) is 0 Å². The Labute approximate surface area is 153 Å². The minimum atomic E-state index is -3.65. The largest absolute Gasteiger partial charge is 0.322 e. The van der Waals surface area contributed by atoms with Crippen LogP contribution in [0.15, 0.2) is 47.4 Å². The highest BCUT2D eigenvalue weighted by Gasteiger charge is 2.24. The van der Waals surface area contributed by atoms with Gasteiger partial charge in [0.1, 0.15) is 0 Å². The minimum Gasteiger partial charge on any atom is -0.322 e. The van der Waals surface area contributed by atoms with Crippen molar-refractivity contribution in [3.63, 3.8) is 0 Å². The number of benzene rings is 2. The quantitative estimate of drug-likeness (QED) is 0.854. The van der Waals surface area contributed by atoms with Crippen molar-refractivity contribution >= 4 is 33.2 Å². The van der Waals surface area contributed by atoms with Crippen molar-refractivity contribution in [2.45, 2.75) is 31.7 Å². The van der Waals surface area contributed by atoms with E-state index in [1.165, 1.54) is 23.5 Å². The average molecular weight is 381 g/mol. The number of rotatable bonds is 5. The molecular formula is C18H21ClN2O3S. The smallest absolute Gasteiger partial charge is 0.255 e. The van der Waals surface area contributed by atoms with E-state index >= 15 is 0 Å². The molecule has 0 aliphatic carbocycles. The summed E-state index contributed by atoms with van der Waals surface area (Å²) < 4.78 is 26.4. The zero-order chi connectivity index (χ0) is 18.8. The first-order valence-corrected chi connectivity index (χ1v) is 9.61. The van der Waals surface area contributed by atoms with Gasteiger partial charge in [-0.15, -0.1) is 0 Å². The summed E-state index contributed by atoms with van der Waals surface area (Å²) in [5.41, 5.74) is 1.60. The van der Waals surface area contributed by atoms with Gasteiger partial charge in [0.25, 0.3) is 5.91 Å². The van der Waals surface area contributed by atoms with Gasteiger partial charge in [-0.1, -0.05) is 23.7 Å². The average Bonchev–Trinajstić information content (AvgIpc) is 2.58. The fraction of sp³-hybridized carbons (Fsp3) is 0.278. The van der Waals surface area contributed by atoms with E-state index < -0.39 is 15.9 Å². The number of nitrogens with one attached hydrogen (secondary N) is 1. The lowest BCUT2D eigenvalue weighted by Gasteiger charge is -2.21. The van der Waals surface area contributed by atoms with Crippen molar-refractivity contribution in [2.75, 3.05) is 12.4 Å². The van der Waals surface area contributed by atoms with E-state index in [4.69, 9.17) is 11.6 Å². The Morgan fingerprint density at radius 3 is 2.44 bits per heavy atom. The maximum Gasteiger partial charge on any atom is 0.255 e. The van der Waals surface area contributed by atoms with Gasteiger partial charge < -0.3 is 5.32 Å². The molecule has 7 heteroatoms. The first kappa shape index (κ1) is 19.4. The molecule has 5 nitrogen and oxygen atoms in total. The van der Waals surface area contributed by atoms with Crippen LogP contribution in [0.3, 0.4) is 0 Å². The second-order valence-corrected chi connectivity index (χ2v) is 8.41. The number of halogens is 1. The predicted molar refractivity (Wildman–Crippen MR) is 101 cm³/mol. The summed E-state index contributed by atoms with van der Waals surface area (Å²) in [5, 5.41) is 3.31. The first-order valence-electron chi connectivity index (χ1n) is 7.79. The van der Waals surface area contributed by atoms with E-state index in [2.05, 4.69) is 5.32 Å². The third-order valence-electron chi connectivity index (χ3n) is 4.02. The Morgan fingerprint density at radius 1 is 1.16 bits per heavy atom. The molecule has 0 unspecified atom stereocenters. The van der Waals surface area contributed by atoms with Crippen LogP contribution in [-0.2, 0) is 10.0 Å². The molecule has 0 aliphatic rings. The monoisotopic (exact) mass is 380 g/mol. The van der Waals surface area contributed by atoms with Gasteiger partial charge in [-0.2, -0.15) is 4.31 Å². The van der Waals surface area contributed by atoms with Crippen LogP contribution >= 0.6 is 11.6 Å². The van der Waals surface area contributed by atoms with Crippen LogP contribution < -0.4 is 5.32 Å². The third kappa shape index (κ3) is 4.21. The molecule has 0 aromatic heterocycles. The second-order valence-electron chi connectivity index (χ2n) is 6.01. The minimum absolute atomic E-state index is 0.0826. The molecule has 1 amide bonds. The summed E-state index contributed by atoms with van der Waals surface area (Å²) in [7, 11) is -2.13. The van der Waals surface area contributed by atoms with Crippen molar-refractivity contribution in [3.05, 3.63) is 58.6 Å². The Hall–Kier alpha value is -1.89. The normalized spacial score (nSPS) is 11.8. The van der Waals surface area contributed by atoms with Crippen molar-refractivity contribution < 1.29 is 13.2 Å². The lowest BCUT2D eigenvalue weighted by molar-refractivity contribution is 0.102. The van der Waals surface area contributed by atoms with Crippen molar-refractivity contribution in [2.24, 2.45) is 0 Å². The van der Waals surface area contributed by atoms with Gasteiger partial charge in [-0.3, -0.25) is 4.79 Å². The van der Waals surface area contributed by atoms with Gasteiger partial charge in [0, 0.05) is 29.4 Å². The summed E-state index contributed by atoms with van der Waals surface area (Å²) in [6.45, 7) is 5.38. The summed E-state index contributed by atoms with van der Waals surface area (Å²) in [5.74, 6) is -0.394. The molecule has 2 aromatic rings. The van der Waals surface area contributed by atoms with Crippen LogP contribution in [0.4, 0.5) is 5.69 Å². The van der Waals surface area contributed by atoms with E-state index in [1.54, 1.807) is 51.1 Å². The Bertz CT molecular complexity index is 895. The molecule has 134 valence electrons. The Balaban J connectivity index is 2.32. The standard InChI is InChI=1S/C18H21ClN2O3S/c1-12(2)21(4)25(23,24)15-8-5-7-14(11-15)18(22)20-17-10-6-9-16(19)13(17)3/h5-12H,1-4H3,(H,20,22). The van der Waals surface area contributed by atoms with E-state index in [-0.39, 0.29) is 16.5 Å². The predicted octanol–water partition coefficient (Wildman–Crippen LogP) is 3.93. The highest BCUT2D eigenvalue weighted by atomic mass is 35.5. The van der Waals surface area contributed by atoms with Crippen LogP contribution in [0, 0.1) is 6.92 Å². The number of hydrogen-bond donors (Lipinski definition) is 1. The molecule has 0 bridgehead atoms. The molecule has 0 fully saturated rings. The van der Waals surface area contributed by atoms with Crippen LogP contribution in [0.2, 0.25) is 5.02 Å². The lowest BCUT2D eigenvalue weighted by atomic mass is 10.1. The Morgan fingerprint density at radius 2 is 1.80 bits per heavy atom. The summed E-state index contributed by atoms with van der Waals surface area (Å²) in [6, 6.07) is 11.0. The maximum atomic E-state index is 12.6. The van der Waals surface area contributed by atoms with Gasteiger partial charge in [-0.25, -0.2) is 8.42 Å². The maximum absolute atomic E-state index is 12.6. The highest BCUT2D eigenvalue weighted by molar-refractivity contribution is 7.89. The number of nitrogens with zero attached hydrogens (tertiary/aromatic N) is 1. The number of anilines is 1. The molecule has 0 saturated carbocycles. The lowest BCUT2D eigenvalue weighted by Crippen LogP contribution is -2.33. The number of carbonyl (C=O) groups is 1. The van der Waals surface area contributed by atoms with E-state index in [0.717, 1.165) is 5.56 Å². The van der Waals surface area contributed by atoms with Crippen molar-refractivity contribution in [1.29, 1.82) is 0 Å². The SMILES string of the molecule is Cc1c(Cl)cccc1NC(=O)c1cccc(S(=O)(=O)N(C)C(C)C)c1. The zero-order valence-electron chi connectivity index (χ0n) is 14.6. The van der Waals surface area contributed by atoms with Crippen LogP contribution in [0.5, 0.6) is 0 Å². The topological polar surface area (TPSA) is 66.5 Å². The number of amides is 1. The molecule has 25 heavy (non-hydrogen) atoms. The molecule has 2 aromatic carbocycles. The zero-order valence-corrected chi connectivity index (χ0v) is 16.1. The van der Waals surface area contributed by atoms with Crippen LogP contribution in [0.1, 0.15) is 29.8 Å². The fourth-order valence-corrected chi connectivity index (χ4v) is 3.77. The molecule has 2 rings (SSSR count). The van der Waals surface area contributed by atoms with E-state index in [1.807, 2.05) is 0 Å². The highest BCUT2D eigenvalue weighted by Crippen LogP contribution is 2.24. The number of sulfonamides is 1. The molecule has 0 heterocycles. The summed E-state index contributed by atoms with van der Waals surface area (Å²) >= 11 is 6.06. The van der Waals surface area contributed by atoms with Gasteiger partial charge in [0.2, 0.25) is 10.0 Å².